The van der Waals surface area contributed by atoms with Crippen molar-refractivity contribution in [3.63, 3.8) is 0 Å². The maximum absolute atomic E-state index is 12.9. The van der Waals surface area contributed by atoms with E-state index in [9.17, 15) is 41.0 Å². The lowest BCUT2D eigenvalue weighted by Gasteiger charge is -2.30. The number of aliphatic hydroxyl groups is 1. The van der Waals surface area contributed by atoms with E-state index in [0.29, 0.717) is 19.2 Å². The summed E-state index contributed by atoms with van der Waals surface area (Å²) in [6, 6.07) is 2.93. The molecule has 1 amide bonds. The third-order valence-corrected chi connectivity index (χ3v) is 3.50. The minimum absolute atomic E-state index is 0.437. The Labute approximate surface area is 141 Å². The summed E-state index contributed by atoms with van der Waals surface area (Å²) in [6.07, 6.45) is -10.4. The molecule has 1 aromatic rings. The second-order valence-corrected chi connectivity index (χ2v) is 5.12. The largest absolute Gasteiger partial charge is 0.467 e. The molecule has 0 spiro atoms. The normalized spacial score (nSPS) is 15.9. The predicted molar refractivity (Wildman–Crippen MR) is 72.7 cm³/mol. The Kier molecular flexibility index (Phi) is 5.96. The molecular formula is C13H10ClF6NO4. The van der Waals surface area contributed by atoms with E-state index in [-0.39, 0.29) is 0 Å². The Morgan fingerprint density at radius 3 is 2.20 bits per heavy atom. The molecule has 0 heterocycles. The summed E-state index contributed by atoms with van der Waals surface area (Å²) in [5.74, 6) is -4.01. The topological polar surface area (TPSA) is 75.6 Å². The highest BCUT2D eigenvalue weighted by molar-refractivity contribution is 6.35. The quantitative estimate of drug-likeness (QED) is 0.468. The number of benzene rings is 1. The van der Waals surface area contributed by atoms with Gasteiger partial charge in [0, 0.05) is 5.69 Å². The van der Waals surface area contributed by atoms with Crippen molar-refractivity contribution in [2.24, 2.45) is 0 Å². The lowest BCUT2D eigenvalue weighted by atomic mass is 9.97. The lowest BCUT2D eigenvalue weighted by molar-refractivity contribution is -0.260. The lowest BCUT2D eigenvalue weighted by Crippen LogP contribution is -2.62. The molecular weight excluding hydrogens is 384 g/mol. The van der Waals surface area contributed by atoms with Gasteiger partial charge in [-0.2, -0.15) is 26.3 Å². The van der Waals surface area contributed by atoms with Gasteiger partial charge in [0.15, 0.2) is 5.38 Å². The molecule has 12 heteroatoms. The van der Waals surface area contributed by atoms with Crippen LogP contribution in [0.4, 0.5) is 32.0 Å². The van der Waals surface area contributed by atoms with Crippen LogP contribution in [0.5, 0.6) is 0 Å². The Bertz CT molecular complexity index is 663. The number of anilines is 1. The minimum Gasteiger partial charge on any atom is -0.467 e. The second kappa shape index (κ2) is 7.08. The van der Waals surface area contributed by atoms with Crippen molar-refractivity contribution in [2.45, 2.75) is 23.3 Å². The van der Waals surface area contributed by atoms with Gasteiger partial charge in [0.05, 0.1) is 12.7 Å². The van der Waals surface area contributed by atoms with Gasteiger partial charge in [-0.1, -0.05) is 6.07 Å². The summed E-state index contributed by atoms with van der Waals surface area (Å²) in [7, 11) is 0.521. The maximum atomic E-state index is 12.9. The zero-order valence-electron chi connectivity index (χ0n) is 12.2. The third-order valence-electron chi connectivity index (χ3n) is 2.98. The molecule has 0 aromatic heterocycles. The minimum atomic E-state index is -5.68. The van der Waals surface area contributed by atoms with E-state index >= 15 is 0 Å². The molecule has 0 aliphatic rings. The molecule has 0 aliphatic heterocycles. The average molecular weight is 394 g/mol. The molecule has 2 atom stereocenters. The van der Waals surface area contributed by atoms with Crippen LogP contribution < -0.4 is 5.32 Å². The van der Waals surface area contributed by atoms with Gasteiger partial charge in [-0.15, -0.1) is 11.6 Å². The van der Waals surface area contributed by atoms with Crippen LogP contribution in [0.2, 0.25) is 0 Å². The van der Waals surface area contributed by atoms with Crippen molar-refractivity contribution in [1.82, 2.24) is 0 Å². The maximum Gasteiger partial charge on any atom is 0.430 e. The predicted octanol–water partition coefficient (Wildman–Crippen LogP) is 2.72. The molecule has 0 saturated carbocycles. The van der Waals surface area contributed by atoms with Gasteiger partial charge in [0.2, 0.25) is 5.91 Å². The molecule has 5 nitrogen and oxygen atoms in total. The zero-order valence-corrected chi connectivity index (χ0v) is 13.0. The highest BCUT2D eigenvalue weighted by Gasteiger charge is 2.67. The number of ether oxygens (including phenoxy) is 1. The van der Waals surface area contributed by atoms with Crippen molar-refractivity contribution >= 4 is 29.2 Å². The standard InChI is InChI=1S/C13H10ClF6NO4/c1-25-10(23)11(24,13(18,19)20)8(14)9(22)21-7-4-2-3-6(5-7)12(15,16)17/h2-5,8,24H,1H3,(H,21,22)/t8-,11+/m1/s1. The molecule has 1 aromatic carbocycles. The van der Waals surface area contributed by atoms with Crippen LogP contribution in [0.1, 0.15) is 5.56 Å². The molecule has 0 aliphatic carbocycles. The first-order valence-corrected chi connectivity index (χ1v) is 6.68. The molecule has 0 bridgehead atoms. The van der Waals surface area contributed by atoms with Crippen molar-refractivity contribution in [2.75, 3.05) is 12.4 Å². The van der Waals surface area contributed by atoms with Crippen molar-refractivity contribution in [3.8, 4) is 0 Å². The van der Waals surface area contributed by atoms with Gasteiger partial charge >= 0.3 is 18.3 Å². The van der Waals surface area contributed by atoms with Gasteiger partial charge < -0.3 is 15.2 Å². The number of alkyl halides is 7. The Hall–Kier alpha value is -2.01. The first kappa shape index (κ1) is 21.0. The number of hydrogen-bond donors (Lipinski definition) is 2. The number of methoxy groups -OCH3 is 1. The van der Waals surface area contributed by atoms with Crippen LogP contribution in [0.15, 0.2) is 24.3 Å². The fourth-order valence-electron chi connectivity index (χ4n) is 1.69. The van der Waals surface area contributed by atoms with Crippen LogP contribution in [0.25, 0.3) is 0 Å². The first-order valence-electron chi connectivity index (χ1n) is 6.25. The number of nitrogens with one attached hydrogen (secondary N) is 1. The third kappa shape index (κ3) is 4.34. The molecule has 0 radical (unpaired) electrons. The van der Waals surface area contributed by atoms with E-state index in [1.807, 2.05) is 0 Å². The van der Waals surface area contributed by atoms with Gasteiger partial charge in [-0.3, -0.25) is 4.79 Å². The fourth-order valence-corrected chi connectivity index (χ4v) is 1.95. The molecule has 0 unspecified atom stereocenters. The van der Waals surface area contributed by atoms with Crippen molar-refractivity contribution in [3.05, 3.63) is 29.8 Å². The monoisotopic (exact) mass is 393 g/mol. The highest BCUT2D eigenvalue weighted by atomic mass is 35.5. The van der Waals surface area contributed by atoms with E-state index < -0.39 is 46.5 Å². The highest BCUT2D eigenvalue weighted by Crippen LogP contribution is 2.37. The molecule has 25 heavy (non-hydrogen) atoms. The fraction of sp³-hybridized carbons (Fsp3) is 0.385. The number of carbonyl (C=O) groups is 2. The smallest absolute Gasteiger partial charge is 0.430 e. The zero-order chi connectivity index (χ0) is 19.6. The summed E-state index contributed by atoms with van der Waals surface area (Å²) in [5, 5.41) is 8.30. The van der Waals surface area contributed by atoms with Crippen LogP contribution in [0.3, 0.4) is 0 Å². The van der Waals surface area contributed by atoms with Gasteiger partial charge in [-0.25, -0.2) is 4.79 Å². The second-order valence-electron chi connectivity index (χ2n) is 4.69. The summed E-state index contributed by atoms with van der Waals surface area (Å²) in [5.41, 5.74) is -6.12. The summed E-state index contributed by atoms with van der Waals surface area (Å²) in [6.45, 7) is 0. The van der Waals surface area contributed by atoms with Crippen LogP contribution in [-0.2, 0) is 20.5 Å². The Balaban J connectivity index is 3.12. The molecule has 140 valence electrons. The van der Waals surface area contributed by atoms with Crippen molar-refractivity contribution in [1.29, 1.82) is 0 Å². The van der Waals surface area contributed by atoms with Crippen LogP contribution in [0, 0.1) is 0 Å². The summed E-state index contributed by atoms with van der Waals surface area (Å²) >= 11 is 5.27. The molecule has 2 N–H and O–H groups in total. The van der Waals surface area contributed by atoms with Gasteiger partial charge in [0.1, 0.15) is 0 Å². The number of hydrogen-bond acceptors (Lipinski definition) is 4. The van der Waals surface area contributed by atoms with Gasteiger partial charge in [0.25, 0.3) is 5.60 Å². The molecule has 0 fully saturated rings. The summed E-state index contributed by atoms with van der Waals surface area (Å²) in [4.78, 5) is 23.1. The SMILES string of the molecule is COC(=O)[C@@](O)([C@H](Cl)C(=O)Nc1cccc(C(F)(F)F)c1)C(F)(F)F. The Morgan fingerprint density at radius 1 is 1.20 bits per heavy atom. The van der Waals surface area contributed by atoms with Gasteiger partial charge in [-0.05, 0) is 18.2 Å². The van der Waals surface area contributed by atoms with Crippen molar-refractivity contribution < 1.29 is 45.8 Å². The van der Waals surface area contributed by atoms with Crippen LogP contribution >= 0.6 is 11.6 Å². The van der Waals surface area contributed by atoms with E-state index in [2.05, 4.69) is 4.74 Å². The van der Waals surface area contributed by atoms with E-state index in [1.54, 1.807) is 5.32 Å². The first-order chi connectivity index (χ1) is 11.2. The summed E-state index contributed by atoms with van der Waals surface area (Å²) < 4.78 is 80.4. The van der Waals surface area contributed by atoms with E-state index in [4.69, 9.17) is 11.6 Å². The number of esters is 1. The molecule has 0 saturated heterocycles. The number of carbonyl (C=O) groups excluding carboxylic acids is 2. The molecule has 1 rings (SSSR count). The number of amides is 1. The average Bonchev–Trinajstić information content (AvgIpc) is 2.50. The number of rotatable bonds is 4. The number of halogens is 7. The van der Waals surface area contributed by atoms with Crippen LogP contribution in [-0.4, -0.2) is 41.2 Å². The van der Waals surface area contributed by atoms with E-state index in [1.165, 1.54) is 0 Å². The Morgan fingerprint density at radius 2 is 1.76 bits per heavy atom. The van der Waals surface area contributed by atoms with E-state index in [0.717, 1.165) is 12.1 Å².